The van der Waals surface area contributed by atoms with E-state index in [-0.39, 0.29) is 12.5 Å². The summed E-state index contributed by atoms with van der Waals surface area (Å²) >= 11 is 0. The van der Waals surface area contributed by atoms with Gasteiger partial charge in [-0.15, -0.1) is 0 Å². The first-order valence-electron chi connectivity index (χ1n) is 6.73. The van der Waals surface area contributed by atoms with E-state index in [0.717, 1.165) is 25.9 Å². The average molecular weight is 259 g/mol. The first-order valence-corrected chi connectivity index (χ1v) is 6.73. The van der Waals surface area contributed by atoms with Crippen molar-refractivity contribution < 1.29 is 4.79 Å². The zero-order chi connectivity index (χ0) is 14.1. The van der Waals surface area contributed by atoms with Crippen LogP contribution in [0.1, 0.15) is 32.3 Å². The summed E-state index contributed by atoms with van der Waals surface area (Å²) in [5.41, 5.74) is 1.28. The van der Waals surface area contributed by atoms with Crippen LogP contribution in [0.15, 0.2) is 24.3 Å². The molecule has 0 saturated heterocycles. The molecule has 0 spiro atoms. The lowest BCUT2D eigenvalue weighted by molar-refractivity contribution is -0.129. The van der Waals surface area contributed by atoms with E-state index in [1.165, 1.54) is 0 Å². The summed E-state index contributed by atoms with van der Waals surface area (Å²) in [6, 6.07) is 9.33. The van der Waals surface area contributed by atoms with Crippen LogP contribution in [0.5, 0.6) is 0 Å². The van der Waals surface area contributed by atoms with Crippen LogP contribution >= 0.6 is 0 Å². The van der Waals surface area contributed by atoms with Gasteiger partial charge in [-0.1, -0.05) is 26.0 Å². The van der Waals surface area contributed by atoms with E-state index in [4.69, 9.17) is 5.26 Å². The summed E-state index contributed by atoms with van der Waals surface area (Å²) in [7, 11) is 0. The van der Waals surface area contributed by atoms with Crippen molar-refractivity contribution in [3.05, 3.63) is 29.8 Å². The molecule has 0 fully saturated rings. The smallest absolute Gasteiger partial charge is 0.241 e. The molecule has 0 heterocycles. The average Bonchev–Trinajstić information content (AvgIpc) is 2.44. The first-order chi connectivity index (χ1) is 9.22. The van der Waals surface area contributed by atoms with Crippen LogP contribution in [0, 0.1) is 11.3 Å². The monoisotopic (exact) mass is 259 g/mol. The van der Waals surface area contributed by atoms with Gasteiger partial charge in [0.15, 0.2) is 0 Å². The highest BCUT2D eigenvalue weighted by atomic mass is 16.2. The molecule has 1 aromatic carbocycles. The van der Waals surface area contributed by atoms with Crippen LogP contribution in [-0.2, 0) is 4.79 Å². The lowest BCUT2D eigenvalue weighted by Gasteiger charge is -2.22. The number of nitriles is 1. The van der Waals surface area contributed by atoms with Crippen molar-refractivity contribution in [2.75, 3.05) is 25.0 Å². The van der Waals surface area contributed by atoms with Crippen molar-refractivity contribution in [2.45, 2.75) is 26.7 Å². The Labute approximate surface area is 115 Å². The molecule has 1 aromatic rings. The van der Waals surface area contributed by atoms with E-state index >= 15 is 0 Å². The molecule has 0 aliphatic heterocycles. The highest BCUT2D eigenvalue weighted by Gasteiger charge is 2.11. The standard InChI is InChI=1S/C15H21N3O/c1-3-9-18(10-4-2)15(19)12-17-14-8-6-5-7-13(14)11-16/h5-8,17H,3-4,9-10,12H2,1-2H3. The maximum absolute atomic E-state index is 12.1. The minimum Gasteiger partial charge on any atom is -0.375 e. The number of para-hydroxylation sites is 1. The Morgan fingerprint density at radius 2 is 1.89 bits per heavy atom. The Hall–Kier alpha value is -2.02. The van der Waals surface area contributed by atoms with Crippen molar-refractivity contribution >= 4 is 11.6 Å². The van der Waals surface area contributed by atoms with Gasteiger partial charge < -0.3 is 10.2 Å². The van der Waals surface area contributed by atoms with Crippen LogP contribution in [0.4, 0.5) is 5.69 Å². The van der Waals surface area contributed by atoms with Crippen molar-refractivity contribution in [3.63, 3.8) is 0 Å². The molecular weight excluding hydrogens is 238 g/mol. The number of carbonyl (C=O) groups excluding carboxylic acids is 1. The van der Waals surface area contributed by atoms with E-state index in [1.54, 1.807) is 6.07 Å². The third-order valence-electron chi connectivity index (χ3n) is 2.82. The van der Waals surface area contributed by atoms with Crippen LogP contribution in [0.3, 0.4) is 0 Å². The molecular formula is C15H21N3O. The number of hydrogen-bond donors (Lipinski definition) is 1. The number of benzene rings is 1. The molecule has 0 aliphatic rings. The molecule has 1 N–H and O–H groups in total. The molecule has 0 saturated carbocycles. The number of nitrogens with zero attached hydrogens (tertiary/aromatic N) is 2. The molecule has 0 aliphatic carbocycles. The van der Waals surface area contributed by atoms with E-state index < -0.39 is 0 Å². The van der Waals surface area contributed by atoms with Gasteiger partial charge in [0.1, 0.15) is 6.07 Å². The summed E-state index contributed by atoms with van der Waals surface area (Å²) in [6.07, 6.45) is 1.92. The normalized spacial score (nSPS) is 9.74. The highest BCUT2D eigenvalue weighted by molar-refractivity contribution is 5.81. The van der Waals surface area contributed by atoms with E-state index in [1.807, 2.05) is 23.1 Å². The predicted molar refractivity (Wildman–Crippen MR) is 76.8 cm³/mol. The van der Waals surface area contributed by atoms with Gasteiger partial charge >= 0.3 is 0 Å². The van der Waals surface area contributed by atoms with Crippen LogP contribution < -0.4 is 5.32 Å². The van der Waals surface area contributed by atoms with E-state index in [2.05, 4.69) is 25.2 Å². The molecule has 0 unspecified atom stereocenters. The Balaban J connectivity index is 2.60. The molecule has 102 valence electrons. The van der Waals surface area contributed by atoms with E-state index in [0.29, 0.717) is 11.3 Å². The van der Waals surface area contributed by atoms with Crippen molar-refractivity contribution in [1.29, 1.82) is 5.26 Å². The molecule has 4 nitrogen and oxygen atoms in total. The molecule has 19 heavy (non-hydrogen) atoms. The summed E-state index contributed by atoms with van der Waals surface area (Å²) in [4.78, 5) is 13.9. The predicted octanol–water partition coefficient (Wildman–Crippen LogP) is 2.62. The van der Waals surface area contributed by atoms with Gasteiger partial charge in [0.05, 0.1) is 17.8 Å². The fraction of sp³-hybridized carbons (Fsp3) is 0.467. The number of amides is 1. The number of rotatable bonds is 7. The first kappa shape index (κ1) is 15.0. The van der Waals surface area contributed by atoms with E-state index in [9.17, 15) is 4.79 Å². The van der Waals surface area contributed by atoms with Crippen molar-refractivity contribution in [2.24, 2.45) is 0 Å². The summed E-state index contributed by atoms with van der Waals surface area (Å²) in [6.45, 7) is 5.93. The second-order valence-corrected chi connectivity index (χ2v) is 4.39. The molecule has 4 heteroatoms. The lowest BCUT2D eigenvalue weighted by Crippen LogP contribution is -2.36. The highest BCUT2D eigenvalue weighted by Crippen LogP contribution is 2.13. The van der Waals surface area contributed by atoms with Crippen LogP contribution in [0.25, 0.3) is 0 Å². The number of hydrogen-bond acceptors (Lipinski definition) is 3. The van der Waals surface area contributed by atoms with Crippen LogP contribution in [-0.4, -0.2) is 30.4 Å². The number of carbonyl (C=O) groups is 1. The number of anilines is 1. The second kappa shape index (κ2) is 8.15. The summed E-state index contributed by atoms with van der Waals surface area (Å²) in [5, 5.41) is 12.0. The second-order valence-electron chi connectivity index (χ2n) is 4.39. The molecule has 0 bridgehead atoms. The molecule has 1 amide bonds. The SMILES string of the molecule is CCCN(CCC)C(=O)CNc1ccccc1C#N. The fourth-order valence-electron chi connectivity index (χ4n) is 1.92. The topological polar surface area (TPSA) is 56.1 Å². The van der Waals surface area contributed by atoms with Gasteiger partial charge in [-0.2, -0.15) is 5.26 Å². The number of nitrogens with one attached hydrogen (secondary N) is 1. The van der Waals surface area contributed by atoms with Gasteiger partial charge in [-0.3, -0.25) is 4.79 Å². The van der Waals surface area contributed by atoms with Crippen molar-refractivity contribution in [3.8, 4) is 6.07 Å². The van der Waals surface area contributed by atoms with Gasteiger partial charge in [0.25, 0.3) is 0 Å². The Kier molecular flexibility index (Phi) is 6.45. The van der Waals surface area contributed by atoms with Gasteiger partial charge in [-0.05, 0) is 25.0 Å². The molecule has 0 radical (unpaired) electrons. The van der Waals surface area contributed by atoms with Crippen LogP contribution in [0.2, 0.25) is 0 Å². The van der Waals surface area contributed by atoms with Gasteiger partial charge in [-0.25, -0.2) is 0 Å². The molecule has 1 rings (SSSR count). The third-order valence-corrected chi connectivity index (χ3v) is 2.82. The summed E-state index contributed by atoms with van der Waals surface area (Å²) in [5.74, 6) is 0.0800. The van der Waals surface area contributed by atoms with Crippen molar-refractivity contribution in [1.82, 2.24) is 4.90 Å². The quantitative estimate of drug-likeness (QED) is 0.819. The molecule has 0 atom stereocenters. The maximum atomic E-state index is 12.1. The third kappa shape index (κ3) is 4.63. The van der Waals surface area contributed by atoms with Gasteiger partial charge in [0, 0.05) is 13.1 Å². The molecule has 0 aromatic heterocycles. The summed E-state index contributed by atoms with van der Waals surface area (Å²) < 4.78 is 0. The van der Waals surface area contributed by atoms with Gasteiger partial charge in [0.2, 0.25) is 5.91 Å². The fourth-order valence-corrected chi connectivity index (χ4v) is 1.92. The largest absolute Gasteiger partial charge is 0.375 e. The zero-order valence-electron chi connectivity index (χ0n) is 11.6. The Morgan fingerprint density at radius 1 is 1.26 bits per heavy atom. The maximum Gasteiger partial charge on any atom is 0.241 e. The Morgan fingerprint density at radius 3 is 2.47 bits per heavy atom. The lowest BCUT2D eigenvalue weighted by atomic mass is 10.2. The zero-order valence-corrected chi connectivity index (χ0v) is 11.6. The Bertz CT molecular complexity index is 445. The minimum absolute atomic E-state index is 0.0800. The minimum atomic E-state index is 0.0800.